The molecule has 1 aromatic carbocycles. The topological polar surface area (TPSA) is 115 Å². The van der Waals surface area contributed by atoms with E-state index < -0.39 is 35.2 Å². The number of benzene rings is 1. The Morgan fingerprint density at radius 1 is 1.35 bits per heavy atom. The number of nitrogens with one attached hydrogen (secondary N) is 2. The smallest absolute Gasteiger partial charge is 0.246 e. The number of likely N-dealkylation sites (tertiary alicyclic amines) is 1. The molecule has 4 rings (SSSR count). The lowest BCUT2D eigenvalue weighted by Crippen LogP contribution is -2.56. The maximum absolute atomic E-state index is 14.6. The van der Waals surface area contributed by atoms with Gasteiger partial charge in [0.2, 0.25) is 11.8 Å². The number of hydrogen-bond donors (Lipinski definition) is 4. The van der Waals surface area contributed by atoms with E-state index in [4.69, 9.17) is 0 Å². The van der Waals surface area contributed by atoms with Crippen LogP contribution in [0.4, 0.5) is 4.39 Å². The Hall–Kier alpha value is -2.98. The molecule has 1 aliphatic heterocycles. The van der Waals surface area contributed by atoms with Gasteiger partial charge in [-0.05, 0) is 36.8 Å². The van der Waals surface area contributed by atoms with Crippen molar-refractivity contribution in [2.45, 2.75) is 77.4 Å². The molecule has 2 amide bonds. The molecule has 0 radical (unpaired) electrons. The van der Waals surface area contributed by atoms with Crippen LogP contribution in [-0.2, 0) is 16.1 Å². The van der Waals surface area contributed by atoms with Crippen molar-refractivity contribution in [3.05, 3.63) is 47.2 Å². The maximum atomic E-state index is 14.6. The standard InChI is InChI=1S/C27H35FN4O4S/c1-15-22(37-14-30-15)17-6-7-18(21(34)10-17)12-29-24(35)20-11-19(33)13-32(20)25(36)23(26(3,4)5)31-16(2)27(28)8-9-27/h6-7,10,14,19-20,23,31,33-34H,2,8-9,11-13H2,1,3-5H3,(H,29,35)/t19-,20+,23-/m1/s1. The van der Waals surface area contributed by atoms with E-state index in [1.54, 1.807) is 17.6 Å². The van der Waals surface area contributed by atoms with Crippen molar-refractivity contribution < 1.29 is 24.2 Å². The number of halogens is 1. The Morgan fingerprint density at radius 2 is 2.05 bits per heavy atom. The Kier molecular flexibility index (Phi) is 7.36. The summed E-state index contributed by atoms with van der Waals surface area (Å²) < 4.78 is 14.6. The lowest BCUT2D eigenvalue weighted by molar-refractivity contribution is -0.142. The zero-order valence-corrected chi connectivity index (χ0v) is 22.5. The van der Waals surface area contributed by atoms with Crippen molar-refractivity contribution in [1.29, 1.82) is 0 Å². The van der Waals surface area contributed by atoms with E-state index in [0.717, 1.165) is 16.1 Å². The summed E-state index contributed by atoms with van der Waals surface area (Å²) >= 11 is 1.48. The molecule has 2 aromatic rings. The second-order valence-corrected chi connectivity index (χ2v) is 12.0. The highest BCUT2D eigenvalue weighted by molar-refractivity contribution is 7.13. The Labute approximate surface area is 220 Å². The predicted molar refractivity (Wildman–Crippen MR) is 141 cm³/mol. The number of hydrogen-bond acceptors (Lipinski definition) is 7. The molecule has 1 saturated heterocycles. The minimum Gasteiger partial charge on any atom is -0.508 e. The molecule has 2 aliphatic rings. The Morgan fingerprint density at radius 3 is 2.62 bits per heavy atom. The van der Waals surface area contributed by atoms with Gasteiger partial charge in [-0.25, -0.2) is 9.37 Å². The van der Waals surface area contributed by atoms with E-state index in [9.17, 15) is 24.2 Å². The number of thiazole rings is 1. The number of β-amino-alcohol motifs (C(OH)–C–C–N with tert-alkyl or cyclic N) is 1. The molecule has 4 N–H and O–H groups in total. The first-order valence-corrected chi connectivity index (χ1v) is 13.3. The molecular weight excluding hydrogens is 495 g/mol. The summed E-state index contributed by atoms with van der Waals surface area (Å²) in [6, 6.07) is 3.54. The molecule has 0 unspecified atom stereocenters. The van der Waals surface area contributed by atoms with Gasteiger partial charge in [0.05, 0.1) is 22.2 Å². The summed E-state index contributed by atoms with van der Waals surface area (Å²) in [5, 5.41) is 26.6. The zero-order valence-electron chi connectivity index (χ0n) is 21.7. The van der Waals surface area contributed by atoms with Crippen LogP contribution >= 0.6 is 11.3 Å². The number of alkyl halides is 1. The second-order valence-electron chi connectivity index (χ2n) is 11.1. The van der Waals surface area contributed by atoms with Crippen LogP contribution in [0, 0.1) is 12.3 Å². The number of aliphatic hydroxyl groups is 1. The first-order valence-electron chi connectivity index (χ1n) is 12.4. The normalized spacial score (nSPS) is 21.4. The number of aryl methyl sites for hydroxylation is 1. The number of rotatable bonds is 8. The number of aliphatic hydroxyl groups excluding tert-OH is 1. The third kappa shape index (κ3) is 5.80. The lowest BCUT2D eigenvalue weighted by Gasteiger charge is -2.36. The van der Waals surface area contributed by atoms with Gasteiger partial charge >= 0.3 is 0 Å². The number of carbonyl (C=O) groups is 2. The molecule has 8 nitrogen and oxygen atoms in total. The fourth-order valence-electron chi connectivity index (χ4n) is 4.57. The minimum atomic E-state index is -1.50. The van der Waals surface area contributed by atoms with Crippen LogP contribution in [0.2, 0.25) is 0 Å². The number of aromatic nitrogens is 1. The molecule has 0 bridgehead atoms. The van der Waals surface area contributed by atoms with Crippen LogP contribution in [-0.4, -0.2) is 62.3 Å². The van der Waals surface area contributed by atoms with Gasteiger partial charge in [0.1, 0.15) is 23.5 Å². The molecular formula is C27H35FN4O4S. The van der Waals surface area contributed by atoms with Crippen molar-refractivity contribution in [3.63, 3.8) is 0 Å². The van der Waals surface area contributed by atoms with Gasteiger partial charge in [-0.3, -0.25) is 9.59 Å². The molecule has 1 saturated carbocycles. The maximum Gasteiger partial charge on any atom is 0.246 e. The quantitative estimate of drug-likeness (QED) is 0.416. The number of amides is 2. The molecule has 200 valence electrons. The number of phenolic OH excluding ortho intramolecular Hbond substituents is 1. The Bertz CT molecular complexity index is 1200. The van der Waals surface area contributed by atoms with Crippen LogP contribution in [0.1, 0.15) is 51.3 Å². The Balaban J connectivity index is 1.45. The second kappa shape index (κ2) is 10.1. The van der Waals surface area contributed by atoms with Crippen molar-refractivity contribution in [2.75, 3.05) is 6.54 Å². The summed E-state index contributed by atoms with van der Waals surface area (Å²) in [6.45, 7) is 11.3. The van der Waals surface area contributed by atoms with E-state index >= 15 is 0 Å². The van der Waals surface area contributed by atoms with Crippen LogP contribution in [0.3, 0.4) is 0 Å². The molecule has 0 spiro atoms. The average Bonchev–Trinajstić information content (AvgIpc) is 3.23. The van der Waals surface area contributed by atoms with Gasteiger partial charge in [-0.2, -0.15) is 0 Å². The molecule has 2 heterocycles. The number of phenols is 1. The van der Waals surface area contributed by atoms with Crippen LogP contribution in [0.15, 0.2) is 36.0 Å². The highest BCUT2D eigenvalue weighted by Gasteiger charge is 2.49. The van der Waals surface area contributed by atoms with E-state index in [1.165, 1.54) is 16.2 Å². The third-order valence-electron chi connectivity index (χ3n) is 7.07. The number of allylic oxidation sites excluding steroid dienone is 1. The summed E-state index contributed by atoms with van der Waals surface area (Å²) in [5.41, 5.74) is 2.07. The van der Waals surface area contributed by atoms with Gasteiger partial charge < -0.3 is 25.7 Å². The molecule has 1 aromatic heterocycles. The molecule has 3 atom stereocenters. The van der Waals surface area contributed by atoms with Crippen molar-refractivity contribution in [1.82, 2.24) is 20.5 Å². The highest BCUT2D eigenvalue weighted by atomic mass is 32.1. The van der Waals surface area contributed by atoms with Crippen LogP contribution < -0.4 is 10.6 Å². The molecule has 2 fully saturated rings. The van der Waals surface area contributed by atoms with Gasteiger partial charge in [-0.15, -0.1) is 11.3 Å². The fraction of sp³-hybridized carbons (Fsp3) is 0.519. The molecule has 10 heteroatoms. The average molecular weight is 531 g/mol. The SMILES string of the molecule is C=C(N[C@H](C(=O)N1C[C@H](O)C[C@H]1C(=O)NCc1ccc(-c2scnc2C)cc1O)C(C)(C)C)C1(F)CC1. The largest absolute Gasteiger partial charge is 0.508 e. The number of nitrogens with zero attached hydrogens (tertiary/aromatic N) is 2. The summed E-state index contributed by atoms with van der Waals surface area (Å²) in [6.07, 6.45) is -0.0167. The van der Waals surface area contributed by atoms with Crippen LogP contribution in [0.5, 0.6) is 5.75 Å². The van der Waals surface area contributed by atoms with Crippen molar-refractivity contribution in [2.24, 2.45) is 5.41 Å². The van der Waals surface area contributed by atoms with E-state index in [1.807, 2.05) is 33.8 Å². The molecule has 37 heavy (non-hydrogen) atoms. The first-order chi connectivity index (χ1) is 17.3. The van der Waals surface area contributed by atoms with E-state index in [0.29, 0.717) is 18.4 Å². The van der Waals surface area contributed by atoms with Crippen molar-refractivity contribution >= 4 is 23.2 Å². The third-order valence-corrected chi connectivity index (χ3v) is 8.05. The van der Waals surface area contributed by atoms with Gasteiger partial charge in [0.15, 0.2) is 0 Å². The first kappa shape index (κ1) is 27.1. The van der Waals surface area contributed by atoms with Gasteiger partial charge in [0, 0.05) is 30.8 Å². The monoisotopic (exact) mass is 530 g/mol. The van der Waals surface area contributed by atoms with Gasteiger partial charge in [0.25, 0.3) is 0 Å². The number of aromatic hydroxyl groups is 1. The number of carbonyl (C=O) groups excluding carboxylic acids is 2. The molecule has 1 aliphatic carbocycles. The predicted octanol–water partition coefficient (Wildman–Crippen LogP) is 3.42. The fourth-order valence-corrected chi connectivity index (χ4v) is 5.37. The lowest BCUT2D eigenvalue weighted by atomic mass is 9.85. The zero-order chi connectivity index (χ0) is 27.1. The van der Waals surface area contributed by atoms with Crippen LogP contribution in [0.25, 0.3) is 10.4 Å². The summed E-state index contributed by atoms with van der Waals surface area (Å²) in [4.78, 5) is 33.3. The van der Waals surface area contributed by atoms with E-state index in [2.05, 4.69) is 22.2 Å². The summed E-state index contributed by atoms with van der Waals surface area (Å²) in [7, 11) is 0. The van der Waals surface area contributed by atoms with E-state index in [-0.39, 0.29) is 36.9 Å². The minimum absolute atomic E-state index is 0.00652. The highest BCUT2D eigenvalue weighted by Crippen LogP contribution is 2.45. The summed E-state index contributed by atoms with van der Waals surface area (Å²) in [5.74, 6) is -0.773. The van der Waals surface area contributed by atoms with Gasteiger partial charge in [-0.1, -0.05) is 39.5 Å². The van der Waals surface area contributed by atoms with Crippen molar-refractivity contribution in [3.8, 4) is 16.2 Å².